The molecule has 0 fully saturated rings. The molecule has 9 heavy (non-hydrogen) atoms. The Balaban J connectivity index is 2.62. The lowest BCUT2D eigenvalue weighted by Gasteiger charge is -1.97. The lowest BCUT2D eigenvalue weighted by molar-refractivity contribution is 1.08. The van der Waals surface area contributed by atoms with Crippen LogP contribution in [-0.2, 0) is 0 Å². The third-order valence-corrected chi connectivity index (χ3v) is 1.88. The number of hydrogen-bond acceptors (Lipinski definition) is 2. The molecule has 0 aromatic carbocycles. The molecule has 0 unspecified atom stereocenters. The van der Waals surface area contributed by atoms with Gasteiger partial charge in [0, 0.05) is 7.05 Å². The van der Waals surface area contributed by atoms with Crippen molar-refractivity contribution in [2.24, 2.45) is 0 Å². The van der Waals surface area contributed by atoms with Gasteiger partial charge >= 0.3 is 0 Å². The zero-order chi connectivity index (χ0) is 6.53. The molecule has 0 amide bonds. The number of thioether (sulfide) groups is 1. The van der Waals surface area contributed by atoms with Crippen LogP contribution in [0.3, 0.4) is 0 Å². The molecule has 1 aliphatic heterocycles. The van der Waals surface area contributed by atoms with E-state index in [4.69, 9.17) is 0 Å². The van der Waals surface area contributed by atoms with Gasteiger partial charge in [-0.25, -0.2) is 0 Å². The van der Waals surface area contributed by atoms with Crippen LogP contribution >= 0.6 is 11.8 Å². The normalized spacial score (nSPS) is 16.8. The average Bonchev–Trinajstić information content (AvgIpc) is 2.13. The van der Waals surface area contributed by atoms with Gasteiger partial charge in [-0.2, -0.15) is 0 Å². The molecule has 1 aliphatic rings. The first kappa shape index (κ1) is 6.49. The molecular formula is C7H9NS. The van der Waals surface area contributed by atoms with E-state index in [9.17, 15) is 0 Å². The molecule has 0 aromatic rings. The zero-order valence-corrected chi connectivity index (χ0v) is 6.11. The summed E-state index contributed by atoms with van der Waals surface area (Å²) >= 11 is 1.69. The van der Waals surface area contributed by atoms with E-state index in [0.29, 0.717) is 0 Å². The van der Waals surface area contributed by atoms with E-state index >= 15 is 0 Å². The molecule has 0 atom stereocenters. The van der Waals surface area contributed by atoms with Crippen molar-refractivity contribution < 1.29 is 0 Å². The van der Waals surface area contributed by atoms with Gasteiger partial charge in [0.1, 0.15) is 0 Å². The number of allylic oxidation sites excluding steroid dienone is 4. The van der Waals surface area contributed by atoms with Gasteiger partial charge in [-0.3, -0.25) is 0 Å². The fourth-order valence-electron chi connectivity index (χ4n) is 0.547. The van der Waals surface area contributed by atoms with Gasteiger partial charge in [-0.1, -0.05) is 30.0 Å². The van der Waals surface area contributed by atoms with Gasteiger partial charge in [-0.05, 0) is 11.5 Å². The Morgan fingerprint density at radius 2 is 2.22 bits per heavy atom. The maximum absolute atomic E-state index is 3.07. The van der Waals surface area contributed by atoms with Crippen LogP contribution in [0.15, 0.2) is 34.7 Å². The summed E-state index contributed by atoms with van der Waals surface area (Å²) in [5, 5.41) is 6.29. The molecule has 1 rings (SSSR count). The Hall–Kier alpha value is -0.630. The van der Waals surface area contributed by atoms with Crippen molar-refractivity contribution in [3.63, 3.8) is 0 Å². The minimum absolute atomic E-state index is 1.18. The van der Waals surface area contributed by atoms with Crippen molar-refractivity contribution in [2.45, 2.75) is 0 Å². The molecular weight excluding hydrogens is 130 g/mol. The molecule has 0 radical (unpaired) electrons. The fourth-order valence-corrected chi connectivity index (χ4v) is 1.14. The van der Waals surface area contributed by atoms with Crippen molar-refractivity contribution in [1.82, 2.24) is 5.32 Å². The first-order chi connectivity index (χ1) is 4.43. The molecule has 0 bridgehead atoms. The molecule has 0 saturated heterocycles. The molecule has 0 saturated carbocycles. The third-order valence-electron chi connectivity index (χ3n) is 0.990. The number of rotatable bonds is 1. The van der Waals surface area contributed by atoms with Crippen LogP contribution in [0.25, 0.3) is 0 Å². The quantitative estimate of drug-likeness (QED) is 0.595. The minimum atomic E-state index is 1.18. The predicted octanol–water partition coefficient (Wildman–Crippen LogP) is 1.86. The van der Waals surface area contributed by atoms with Gasteiger partial charge in [0.25, 0.3) is 0 Å². The molecule has 2 heteroatoms. The first-order valence-corrected chi connectivity index (χ1v) is 3.69. The van der Waals surface area contributed by atoms with Crippen LogP contribution in [0.5, 0.6) is 0 Å². The van der Waals surface area contributed by atoms with E-state index in [2.05, 4.69) is 5.32 Å². The molecule has 0 spiro atoms. The molecule has 1 heterocycles. The highest BCUT2D eigenvalue weighted by Gasteiger charge is 1.88. The Morgan fingerprint density at radius 3 is 3.00 bits per heavy atom. The largest absolute Gasteiger partial charge is 0.383 e. The number of nitrogens with one attached hydrogen (secondary N) is 1. The Kier molecular flexibility index (Phi) is 2.46. The summed E-state index contributed by atoms with van der Waals surface area (Å²) in [6.45, 7) is 0. The summed E-state index contributed by atoms with van der Waals surface area (Å²) in [5.74, 6) is 0. The lowest BCUT2D eigenvalue weighted by Crippen LogP contribution is -1.99. The van der Waals surface area contributed by atoms with Gasteiger partial charge in [0.2, 0.25) is 0 Å². The average molecular weight is 139 g/mol. The first-order valence-electron chi connectivity index (χ1n) is 2.81. The van der Waals surface area contributed by atoms with Crippen LogP contribution < -0.4 is 5.32 Å². The standard InChI is InChI=1S/C7H9NS/c1-8-7-5-3-2-4-6-9-7/h2-6,8H,1H3. The van der Waals surface area contributed by atoms with Gasteiger partial charge in [-0.15, -0.1) is 0 Å². The van der Waals surface area contributed by atoms with E-state index in [1.807, 2.05) is 36.8 Å². The maximum Gasteiger partial charge on any atom is 0.0721 e. The minimum Gasteiger partial charge on any atom is -0.383 e. The highest BCUT2D eigenvalue weighted by Crippen LogP contribution is 2.15. The van der Waals surface area contributed by atoms with Crippen LogP contribution in [0, 0.1) is 0 Å². The molecule has 1 nitrogen and oxygen atoms in total. The van der Waals surface area contributed by atoms with Gasteiger partial charge in [0.05, 0.1) is 5.03 Å². The summed E-state index contributed by atoms with van der Waals surface area (Å²) in [7, 11) is 1.92. The van der Waals surface area contributed by atoms with Crippen molar-refractivity contribution in [2.75, 3.05) is 7.05 Å². The Labute approximate surface area is 59.5 Å². The van der Waals surface area contributed by atoms with E-state index in [-0.39, 0.29) is 0 Å². The second-order valence-electron chi connectivity index (χ2n) is 1.61. The Morgan fingerprint density at radius 1 is 1.33 bits per heavy atom. The lowest BCUT2D eigenvalue weighted by atomic mass is 10.5. The highest BCUT2D eigenvalue weighted by molar-refractivity contribution is 8.05. The third kappa shape index (κ3) is 1.98. The summed E-state index contributed by atoms with van der Waals surface area (Å²) in [5.41, 5.74) is 0. The van der Waals surface area contributed by atoms with Crippen molar-refractivity contribution in [3.05, 3.63) is 34.7 Å². The monoisotopic (exact) mass is 139 g/mol. The maximum atomic E-state index is 3.07. The fraction of sp³-hybridized carbons (Fsp3) is 0.143. The highest BCUT2D eigenvalue weighted by atomic mass is 32.2. The second kappa shape index (κ2) is 3.41. The summed E-state index contributed by atoms with van der Waals surface area (Å²) in [6.07, 6.45) is 8.09. The van der Waals surface area contributed by atoms with E-state index in [0.717, 1.165) is 0 Å². The van der Waals surface area contributed by atoms with Crippen molar-refractivity contribution in [3.8, 4) is 0 Å². The number of hydrogen-bond donors (Lipinski definition) is 1. The van der Waals surface area contributed by atoms with Crippen LogP contribution in [-0.4, -0.2) is 7.05 Å². The molecule has 0 aromatic heterocycles. The second-order valence-corrected chi connectivity index (χ2v) is 2.56. The molecule has 0 aliphatic carbocycles. The summed E-state index contributed by atoms with van der Waals surface area (Å²) in [6, 6.07) is 0. The van der Waals surface area contributed by atoms with Gasteiger partial charge in [0.15, 0.2) is 0 Å². The van der Waals surface area contributed by atoms with E-state index < -0.39 is 0 Å². The summed E-state index contributed by atoms with van der Waals surface area (Å²) < 4.78 is 0. The SMILES string of the molecule is CNC1=CC=CC=CS1. The van der Waals surface area contributed by atoms with Crippen LogP contribution in [0.2, 0.25) is 0 Å². The topological polar surface area (TPSA) is 12.0 Å². The van der Waals surface area contributed by atoms with Crippen molar-refractivity contribution >= 4 is 11.8 Å². The van der Waals surface area contributed by atoms with Gasteiger partial charge < -0.3 is 5.32 Å². The van der Waals surface area contributed by atoms with E-state index in [1.165, 1.54) is 5.03 Å². The smallest absolute Gasteiger partial charge is 0.0721 e. The van der Waals surface area contributed by atoms with Crippen LogP contribution in [0.1, 0.15) is 0 Å². The molecule has 1 N–H and O–H groups in total. The molecule has 48 valence electrons. The Bertz CT molecular complexity index is 168. The predicted molar refractivity (Wildman–Crippen MR) is 43.0 cm³/mol. The van der Waals surface area contributed by atoms with E-state index in [1.54, 1.807) is 11.8 Å². The zero-order valence-electron chi connectivity index (χ0n) is 5.29. The summed E-state index contributed by atoms with van der Waals surface area (Å²) in [4.78, 5) is 0. The van der Waals surface area contributed by atoms with Crippen LogP contribution in [0.4, 0.5) is 0 Å². The van der Waals surface area contributed by atoms with Crippen molar-refractivity contribution in [1.29, 1.82) is 0 Å².